The number of aryl methyl sites for hydroxylation is 1. The van der Waals surface area contributed by atoms with Crippen molar-refractivity contribution in [2.24, 2.45) is 4.15 Å². The zero-order chi connectivity index (χ0) is 28.3. The van der Waals surface area contributed by atoms with Crippen LogP contribution >= 0.6 is 7.51 Å². The first-order valence-electron chi connectivity index (χ1n) is 13.0. The molecule has 0 radical (unpaired) electrons. The number of hydrogen-bond acceptors (Lipinski definition) is 4. The fourth-order valence-corrected chi connectivity index (χ4v) is 9.51. The summed E-state index contributed by atoms with van der Waals surface area (Å²) in [4.78, 5) is 0.117. The Balaban J connectivity index is 2.17. The molecule has 1 aliphatic rings. The fraction of sp³-hybridized carbons (Fsp3) is 0.419. The van der Waals surface area contributed by atoms with Crippen LogP contribution in [0.3, 0.4) is 0 Å². The zero-order valence-corrected chi connectivity index (χ0v) is 25.9. The van der Waals surface area contributed by atoms with Gasteiger partial charge in [-0.05, 0) is 64.1 Å². The van der Waals surface area contributed by atoms with Crippen LogP contribution in [0.25, 0.3) is 0 Å². The number of fused-ring (bicyclic) bond motifs is 1. The summed E-state index contributed by atoms with van der Waals surface area (Å²) in [5.74, 6) is 1.01. The van der Waals surface area contributed by atoms with E-state index < -0.39 is 17.5 Å². The molecule has 0 atom stereocenters. The van der Waals surface area contributed by atoms with Gasteiger partial charge in [-0.2, -0.15) is 8.42 Å². The highest BCUT2D eigenvalue weighted by atomic mass is 32.2. The first kappa shape index (κ1) is 28.4. The van der Waals surface area contributed by atoms with Gasteiger partial charge in [-0.3, -0.25) is 0 Å². The lowest BCUT2D eigenvalue weighted by atomic mass is 9.75. The van der Waals surface area contributed by atoms with Crippen molar-refractivity contribution in [3.63, 3.8) is 0 Å². The molecule has 1 heterocycles. The molecule has 5 nitrogen and oxygen atoms in total. The maximum Gasteiger partial charge on any atom is 0.363 e. The number of rotatable bonds is 3. The smallest absolute Gasteiger partial charge is 0.363 e. The highest BCUT2D eigenvalue weighted by Gasteiger charge is 2.46. The van der Waals surface area contributed by atoms with Crippen molar-refractivity contribution in [3.05, 3.63) is 82.9 Å². The molecular formula is C31H40NO4PS. The van der Waals surface area contributed by atoms with Crippen molar-refractivity contribution >= 4 is 22.8 Å². The van der Waals surface area contributed by atoms with Crippen LogP contribution < -0.4 is 14.4 Å². The molecule has 0 saturated heterocycles. The maximum atomic E-state index is 13.9. The highest BCUT2D eigenvalue weighted by Crippen LogP contribution is 2.62. The quantitative estimate of drug-likeness (QED) is 0.306. The van der Waals surface area contributed by atoms with Crippen LogP contribution in [0.1, 0.15) is 84.6 Å². The Morgan fingerprint density at radius 3 is 1.53 bits per heavy atom. The van der Waals surface area contributed by atoms with E-state index in [9.17, 15) is 8.42 Å². The second kappa shape index (κ2) is 9.27. The van der Waals surface area contributed by atoms with Crippen molar-refractivity contribution < 1.29 is 17.5 Å². The second-order valence-electron chi connectivity index (χ2n) is 13.2. The molecule has 3 aromatic carbocycles. The van der Waals surface area contributed by atoms with Crippen molar-refractivity contribution in [1.82, 2.24) is 0 Å². The molecule has 0 N–H and O–H groups in total. The molecule has 38 heavy (non-hydrogen) atoms. The molecule has 3 aromatic rings. The number of benzene rings is 3. The van der Waals surface area contributed by atoms with Gasteiger partial charge in [0.1, 0.15) is 0 Å². The highest BCUT2D eigenvalue weighted by molar-refractivity contribution is 7.94. The predicted molar refractivity (Wildman–Crippen MR) is 158 cm³/mol. The van der Waals surface area contributed by atoms with E-state index in [0.29, 0.717) is 11.5 Å². The monoisotopic (exact) mass is 553 g/mol. The Hall–Kier alpha value is -2.56. The SMILES string of the molecule is Cc1ccc(S(=O)(=O)N=P2(c3c(C(C)(C)C)cc(C(C)(C)C)cc3C(C)(C)C)Oc3ccccc3O2)cc1. The Morgan fingerprint density at radius 1 is 0.684 bits per heavy atom. The third-order valence-electron chi connectivity index (χ3n) is 6.70. The Bertz CT molecular complexity index is 1470. The largest absolute Gasteiger partial charge is 0.422 e. The first-order chi connectivity index (χ1) is 17.3. The molecule has 0 aromatic heterocycles. The summed E-state index contributed by atoms with van der Waals surface area (Å²) in [6.07, 6.45) is 0. The third-order valence-corrected chi connectivity index (χ3v) is 11.2. The van der Waals surface area contributed by atoms with E-state index in [0.717, 1.165) is 22.0 Å². The number of para-hydroxylation sites is 2. The number of nitrogens with zero attached hydrogens (tertiary/aromatic N) is 1. The summed E-state index contributed by atoms with van der Waals surface area (Å²) in [5, 5.41) is 0.748. The normalized spacial score (nSPS) is 15.4. The standard InChI is InChI=1S/C31H40NO4PS/c1-21-15-17-23(18-16-21)38(33,34)32-37(35-26-13-11-12-14-27(26)36-37)28-24(30(5,6)7)19-22(29(2,3)4)20-25(28)31(8,9)10/h11-20H,1-10H3. The lowest BCUT2D eigenvalue weighted by Crippen LogP contribution is -2.34. The zero-order valence-electron chi connectivity index (χ0n) is 24.2. The minimum atomic E-state index is -4.12. The molecule has 0 fully saturated rings. The van der Waals surface area contributed by atoms with Crippen LogP contribution in [-0.4, -0.2) is 8.42 Å². The number of sulfonamides is 1. The Kier molecular flexibility index (Phi) is 6.94. The summed E-state index contributed by atoms with van der Waals surface area (Å²) in [7, 11) is -7.71. The molecule has 0 bridgehead atoms. The molecule has 204 valence electrons. The molecule has 0 aliphatic carbocycles. The van der Waals surface area contributed by atoms with E-state index in [1.54, 1.807) is 24.3 Å². The summed E-state index contributed by atoms with van der Waals surface area (Å²) < 4.78 is 45.6. The number of hydrogen-bond donors (Lipinski definition) is 0. The summed E-state index contributed by atoms with van der Waals surface area (Å²) in [5.41, 5.74) is 3.32. The van der Waals surface area contributed by atoms with Gasteiger partial charge in [-0.25, -0.2) is 0 Å². The van der Waals surface area contributed by atoms with Crippen LogP contribution in [0.5, 0.6) is 11.5 Å². The molecule has 7 heteroatoms. The minimum absolute atomic E-state index is 0.115. The predicted octanol–water partition coefficient (Wildman–Crippen LogP) is 8.40. The van der Waals surface area contributed by atoms with E-state index in [2.05, 4.69) is 78.6 Å². The topological polar surface area (TPSA) is 65.0 Å². The van der Waals surface area contributed by atoms with Crippen LogP contribution in [-0.2, 0) is 26.3 Å². The summed E-state index contributed by atoms with van der Waals surface area (Å²) in [6, 6.07) is 18.4. The lowest BCUT2D eigenvalue weighted by molar-refractivity contribution is 0.539. The molecule has 0 amide bonds. The third kappa shape index (κ3) is 5.44. The Morgan fingerprint density at radius 2 is 1.13 bits per heavy atom. The van der Waals surface area contributed by atoms with Crippen LogP contribution in [0.15, 0.2) is 69.7 Å². The summed E-state index contributed by atoms with van der Waals surface area (Å²) >= 11 is 0. The van der Waals surface area contributed by atoms with E-state index in [1.807, 2.05) is 31.2 Å². The van der Waals surface area contributed by atoms with Gasteiger partial charge in [-0.15, -0.1) is 0 Å². The average molecular weight is 554 g/mol. The van der Waals surface area contributed by atoms with Gasteiger partial charge in [0.25, 0.3) is 10.0 Å². The molecule has 0 saturated carbocycles. The van der Waals surface area contributed by atoms with Crippen LogP contribution in [0.4, 0.5) is 0 Å². The lowest BCUT2D eigenvalue weighted by Gasteiger charge is -2.35. The van der Waals surface area contributed by atoms with Gasteiger partial charge in [-0.1, -0.05) is 108 Å². The van der Waals surface area contributed by atoms with Gasteiger partial charge in [0.15, 0.2) is 11.5 Å². The van der Waals surface area contributed by atoms with Crippen molar-refractivity contribution in [2.45, 2.75) is 90.4 Å². The van der Waals surface area contributed by atoms with E-state index in [4.69, 9.17) is 9.05 Å². The maximum absolute atomic E-state index is 13.9. The van der Waals surface area contributed by atoms with Crippen molar-refractivity contribution in [3.8, 4) is 11.5 Å². The second-order valence-corrected chi connectivity index (χ2v) is 17.1. The van der Waals surface area contributed by atoms with Gasteiger partial charge in [0.05, 0.1) is 10.2 Å². The minimum Gasteiger partial charge on any atom is -0.422 e. The molecule has 1 aliphatic heterocycles. The van der Waals surface area contributed by atoms with E-state index >= 15 is 0 Å². The summed E-state index contributed by atoms with van der Waals surface area (Å²) in [6.45, 7) is 21.3. The van der Waals surface area contributed by atoms with Gasteiger partial charge in [0.2, 0.25) is 0 Å². The van der Waals surface area contributed by atoms with E-state index in [-0.39, 0.29) is 21.1 Å². The fourth-order valence-electron chi connectivity index (χ4n) is 4.47. The van der Waals surface area contributed by atoms with Crippen molar-refractivity contribution in [1.29, 1.82) is 0 Å². The Labute approximate surface area is 228 Å². The molecule has 0 unspecified atom stereocenters. The van der Waals surface area contributed by atoms with Crippen LogP contribution in [0.2, 0.25) is 0 Å². The van der Waals surface area contributed by atoms with Gasteiger partial charge in [0, 0.05) is 0 Å². The van der Waals surface area contributed by atoms with Crippen molar-refractivity contribution in [2.75, 3.05) is 0 Å². The van der Waals surface area contributed by atoms with Gasteiger partial charge >= 0.3 is 7.51 Å². The molecule has 4 rings (SSSR count). The van der Waals surface area contributed by atoms with E-state index in [1.165, 1.54) is 5.56 Å². The van der Waals surface area contributed by atoms with Gasteiger partial charge < -0.3 is 9.05 Å². The average Bonchev–Trinajstić information content (AvgIpc) is 3.15. The van der Waals surface area contributed by atoms with Crippen LogP contribution in [0, 0.1) is 6.92 Å². The molecule has 0 spiro atoms. The molecular weight excluding hydrogens is 513 g/mol. The first-order valence-corrected chi connectivity index (χ1v) is 16.0.